The van der Waals surface area contributed by atoms with E-state index in [1.165, 1.54) is 0 Å². The molecule has 0 aromatic carbocycles. The molecule has 2 aromatic heterocycles. The fraction of sp³-hybridized carbons (Fsp3) is 0.111. The molecule has 8 nitrogen and oxygen atoms in total. The van der Waals surface area contributed by atoms with Crippen LogP contribution in [0.15, 0.2) is 12.1 Å². The van der Waals surface area contributed by atoms with Crippen LogP contribution in [0.3, 0.4) is 0 Å². The van der Waals surface area contributed by atoms with Crippen LogP contribution in [-0.2, 0) is 0 Å². The van der Waals surface area contributed by atoms with Gasteiger partial charge in [-0.2, -0.15) is 5.10 Å². The fourth-order valence-corrected chi connectivity index (χ4v) is 1.33. The van der Waals surface area contributed by atoms with Gasteiger partial charge in [-0.15, -0.1) is 0 Å². The monoisotopic (exact) mass is 252 g/mol. The summed E-state index contributed by atoms with van der Waals surface area (Å²) < 4.78 is 13.6. The zero-order chi connectivity index (χ0) is 13.3. The molecule has 0 amide bonds. The zero-order valence-corrected chi connectivity index (χ0v) is 9.27. The van der Waals surface area contributed by atoms with Crippen LogP contribution in [0.1, 0.15) is 5.69 Å². The number of H-pyrrole nitrogens is 1. The molecule has 0 unspecified atom stereocenters. The van der Waals surface area contributed by atoms with Gasteiger partial charge < -0.3 is 11.1 Å². The summed E-state index contributed by atoms with van der Waals surface area (Å²) in [6.45, 7) is 1.77. The van der Waals surface area contributed by atoms with E-state index in [2.05, 4.69) is 20.5 Å². The molecule has 0 aliphatic rings. The first kappa shape index (κ1) is 11.8. The Morgan fingerprint density at radius 3 is 2.83 bits per heavy atom. The second-order valence-electron chi connectivity index (χ2n) is 3.54. The highest BCUT2D eigenvalue weighted by Crippen LogP contribution is 2.25. The van der Waals surface area contributed by atoms with E-state index in [9.17, 15) is 14.5 Å². The summed E-state index contributed by atoms with van der Waals surface area (Å²) in [5, 5.41) is 19.6. The number of anilines is 3. The van der Waals surface area contributed by atoms with Crippen molar-refractivity contribution in [2.75, 3.05) is 11.1 Å². The number of nitro groups is 1. The standard InChI is InChI=1S/C9H9FN6O2/c1-4-2-7(15-14-4)12-9-5(10)3-6(16(17)18)8(11)13-9/h2-3H,1H3,(H4,11,12,13,14,15). The molecule has 2 rings (SSSR count). The molecule has 0 bridgehead atoms. The number of hydrogen-bond donors (Lipinski definition) is 3. The van der Waals surface area contributed by atoms with E-state index >= 15 is 0 Å². The molecule has 0 saturated heterocycles. The molecular formula is C9H9FN6O2. The molecule has 18 heavy (non-hydrogen) atoms. The van der Waals surface area contributed by atoms with Gasteiger partial charge in [0.2, 0.25) is 5.82 Å². The SMILES string of the molecule is Cc1cc(Nc2nc(N)c([N+](=O)[O-])cc2F)n[nH]1. The molecular weight excluding hydrogens is 243 g/mol. The van der Waals surface area contributed by atoms with Crippen molar-refractivity contribution in [3.8, 4) is 0 Å². The zero-order valence-electron chi connectivity index (χ0n) is 9.27. The van der Waals surface area contributed by atoms with Crippen LogP contribution in [0.4, 0.5) is 27.5 Å². The molecule has 9 heteroatoms. The second-order valence-corrected chi connectivity index (χ2v) is 3.54. The molecule has 94 valence electrons. The Morgan fingerprint density at radius 2 is 2.28 bits per heavy atom. The van der Waals surface area contributed by atoms with E-state index in [1.54, 1.807) is 13.0 Å². The van der Waals surface area contributed by atoms with Crippen molar-refractivity contribution >= 4 is 23.1 Å². The van der Waals surface area contributed by atoms with Crippen molar-refractivity contribution in [1.82, 2.24) is 15.2 Å². The first-order valence-corrected chi connectivity index (χ1v) is 4.87. The molecule has 0 radical (unpaired) electrons. The first-order valence-electron chi connectivity index (χ1n) is 4.87. The van der Waals surface area contributed by atoms with Crippen molar-refractivity contribution in [3.05, 3.63) is 33.8 Å². The van der Waals surface area contributed by atoms with Crippen LogP contribution in [0.25, 0.3) is 0 Å². The number of nitrogens with two attached hydrogens (primary N) is 1. The molecule has 4 N–H and O–H groups in total. The quantitative estimate of drug-likeness (QED) is 0.561. The number of nitrogen functional groups attached to an aromatic ring is 1. The number of nitrogens with zero attached hydrogens (tertiary/aromatic N) is 3. The third-order valence-electron chi connectivity index (χ3n) is 2.13. The van der Waals surface area contributed by atoms with Crippen LogP contribution in [0.5, 0.6) is 0 Å². The lowest BCUT2D eigenvalue weighted by molar-refractivity contribution is -0.384. The molecule has 0 aliphatic heterocycles. The third kappa shape index (κ3) is 2.19. The number of hydrogen-bond acceptors (Lipinski definition) is 6. The molecule has 0 spiro atoms. The maximum Gasteiger partial charge on any atom is 0.314 e. The van der Waals surface area contributed by atoms with E-state index in [0.29, 0.717) is 11.9 Å². The summed E-state index contributed by atoms with van der Waals surface area (Å²) >= 11 is 0. The van der Waals surface area contributed by atoms with Gasteiger partial charge in [0.25, 0.3) is 0 Å². The lowest BCUT2D eigenvalue weighted by Crippen LogP contribution is -2.04. The average molecular weight is 252 g/mol. The fourth-order valence-electron chi connectivity index (χ4n) is 1.33. The number of nitrogens with one attached hydrogen (secondary N) is 2. The van der Waals surface area contributed by atoms with Gasteiger partial charge in [0.05, 0.1) is 11.0 Å². The van der Waals surface area contributed by atoms with Crippen molar-refractivity contribution in [3.63, 3.8) is 0 Å². The number of aromatic nitrogens is 3. The number of aryl methyl sites for hydroxylation is 1. The predicted molar refractivity (Wildman–Crippen MR) is 61.9 cm³/mol. The minimum Gasteiger partial charge on any atom is -0.378 e. The van der Waals surface area contributed by atoms with Crippen LogP contribution < -0.4 is 11.1 Å². The van der Waals surface area contributed by atoms with Gasteiger partial charge in [-0.1, -0.05) is 0 Å². The Morgan fingerprint density at radius 1 is 1.56 bits per heavy atom. The van der Waals surface area contributed by atoms with Crippen molar-refractivity contribution in [2.45, 2.75) is 6.92 Å². The van der Waals surface area contributed by atoms with Crippen LogP contribution >= 0.6 is 0 Å². The lowest BCUT2D eigenvalue weighted by atomic mass is 10.3. The Balaban J connectivity index is 2.35. The first-order chi connectivity index (χ1) is 8.47. The highest BCUT2D eigenvalue weighted by Gasteiger charge is 2.18. The molecule has 2 aromatic rings. The minimum atomic E-state index is -0.878. The average Bonchev–Trinajstić information content (AvgIpc) is 2.68. The normalized spacial score (nSPS) is 10.3. The van der Waals surface area contributed by atoms with Crippen molar-refractivity contribution in [2.24, 2.45) is 0 Å². The van der Waals surface area contributed by atoms with Crippen LogP contribution in [0, 0.1) is 22.9 Å². The summed E-state index contributed by atoms with van der Waals surface area (Å²) in [6.07, 6.45) is 0. The minimum absolute atomic E-state index is 0.218. The number of aromatic amines is 1. The van der Waals surface area contributed by atoms with Gasteiger partial charge in [-0.05, 0) is 6.92 Å². The number of rotatable bonds is 3. The van der Waals surface area contributed by atoms with E-state index in [-0.39, 0.29) is 11.6 Å². The highest BCUT2D eigenvalue weighted by molar-refractivity contribution is 5.61. The maximum absolute atomic E-state index is 13.6. The molecule has 0 atom stereocenters. The van der Waals surface area contributed by atoms with E-state index < -0.39 is 16.4 Å². The Kier molecular flexibility index (Phi) is 2.80. The number of pyridine rings is 1. The van der Waals surface area contributed by atoms with E-state index in [4.69, 9.17) is 5.73 Å². The predicted octanol–water partition coefficient (Wildman–Crippen LogP) is 1.49. The highest BCUT2D eigenvalue weighted by atomic mass is 19.1. The summed E-state index contributed by atoms with van der Waals surface area (Å²) in [4.78, 5) is 13.3. The third-order valence-corrected chi connectivity index (χ3v) is 2.13. The topological polar surface area (TPSA) is 123 Å². The smallest absolute Gasteiger partial charge is 0.314 e. The van der Waals surface area contributed by atoms with Crippen LogP contribution in [-0.4, -0.2) is 20.1 Å². The Hall–Kier alpha value is -2.71. The Labute approximate surface area is 100 Å². The molecule has 0 fully saturated rings. The summed E-state index contributed by atoms with van der Waals surface area (Å²) in [5.74, 6) is -1.12. The van der Waals surface area contributed by atoms with Gasteiger partial charge in [-0.25, -0.2) is 9.37 Å². The molecule has 0 saturated carbocycles. The van der Waals surface area contributed by atoms with Crippen molar-refractivity contribution in [1.29, 1.82) is 0 Å². The van der Waals surface area contributed by atoms with E-state index in [0.717, 1.165) is 5.69 Å². The van der Waals surface area contributed by atoms with Crippen LogP contribution in [0.2, 0.25) is 0 Å². The van der Waals surface area contributed by atoms with Gasteiger partial charge >= 0.3 is 5.69 Å². The number of halogens is 1. The summed E-state index contributed by atoms with van der Waals surface area (Å²) in [5.41, 5.74) is 5.56. The van der Waals surface area contributed by atoms with Gasteiger partial charge in [0.15, 0.2) is 17.5 Å². The largest absolute Gasteiger partial charge is 0.378 e. The molecule has 2 heterocycles. The maximum atomic E-state index is 13.6. The van der Waals surface area contributed by atoms with Gasteiger partial charge in [0, 0.05) is 11.8 Å². The Bertz CT molecular complexity index is 611. The lowest BCUT2D eigenvalue weighted by Gasteiger charge is -2.04. The summed E-state index contributed by atoms with van der Waals surface area (Å²) in [6, 6.07) is 2.34. The summed E-state index contributed by atoms with van der Waals surface area (Å²) in [7, 11) is 0. The van der Waals surface area contributed by atoms with Crippen molar-refractivity contribution < 1.29 is 9.31 Å². The van der Waals surface area contributed by atoms with Gasteiger partial charge in [0.1, 0.15) is 0 Å². The second kappa shape index (κ2) is 4.28. The van der Waals surface area contributed by atoms with Gasteiger partial charge in [-0.3, -0.25) is 15.2 Å². The van der Waals surface area contributed by atoms with E-state index in [1.807, 2.05) is 0 Å². The molecule has 0 aliphatic carbocycles.